The topological polar surface area (TPSA) is 68.0 Å². The molecular weight excluding hydrogens is 301 g/mol. The van der Waals surface area contributed by atoms with Crippen molar-refractivity contribution in [3.8, 4) is 0 Å². The minimum atomic E-state index is -0.539. The second-order valence-electron chi connectivity index (χ2n) is 3.55. The van der Waals surface area contributed by atoms with Crippen LogP contribution in [0.5, 0.6) is 0 Å². The highest BCUT2D eigenvalue weighted by molar-refractivity contribution is 9.10. The second-order valence-corrected chi connectivity index (χ2v) is 4.47. The Hall–Kier alpha value is -1.95. The number of halogens is 2. The number of nitrogens with one attached hydrogen (secondary N) is 1. The van der Waals surface area contributed by atoms with Gasteiger partial charge in [-0.25, -0.2) is 9.37 Å². The van der Waals surface area contributed by atoms with Crippen LogP contribution in [0.2, 0.25) is 0 Å². The smallest absolute Gasteiger partial charge is 0.248 e. The van der Waals surface area contributed by atoms with Gasteiger partial charge < -0.3 is 11.1 Å². The Morgan fingerprint density at radius 3 is 2.83 bits per heavy atom. The fourth-order valence-electron chi connectivity index (χ4n) is 1.39. The molecule has 0 aliphatic heterocycles. The van der Waals surface area contributed by atoms with Crippen LogP contribution >= 0.6 is 15.9 Å². The highest BCUT2D eigenvalue weighted by Gasteiger charge is 2.06. The van der Waals surface area contributed by atoms with Gasteiger partial charge in [-0.05, 0) is 40.2 Å². The number of pyridine rings is 1. The van der Waals surface area contributed by atoms with Crippen molar-refractivity contribution in [2.45, 2.75) is 0 Å². The van der Waals surface area contributed by atoms with Gasteiger partial charge in [0.05, 0.1) is 0 Å². The van der Waals surface area contributed by atoms with Crippen LogP contribution in [-0.4, -0.2) is 10.9 Å². The minimum absolute atomic E-state index is 0.0832. The Kier molecular flexibility index (Phi) is 3.57. The van der Waals surface area contributed by atoms with Gasteiger partial charge in [0.25, 0.3) is 0 Å². The number of hydrogen-bond donors (Lipinski definition) is 2. The molecule has 0 atom stereocenters. The molecule has 92 valence electrons. The molecule has 0 fully saturated rings. The molecule has 4 nitrogen and oxygen atoms in total. The van der Waals surface area contributed by atoms with E-state index in [-0.39, 0.29) is 5.82 Å². The van der Waals surface area contributed by atoms with Crippen molar-refractivity contribution >= 4 is 33.3 Å². The van der Waals surface area contributed by atoms with E-state index in [2.05, 4.69) is 26.2 Å². The van der Waals surface area contributed by atoms with Crippen LogP contribution in [0, 0.1) is 5.82 Å². The molecule has 0 unspecified atom stereocenters. The summed E-state index contributed by atoms with van der Waals surface area (Å²) in [6.07, 6.45) is 1.48. The summed E-state index contributed by atoms with van der Waals surface area (Å²) in [6.45, 7) is 0. The second kappa shape index (κ2) is 5.14. The molecule has 1 amide bonds. The lowest BCUT2D eigenvalue weighted by Gasteiger charge is -2.07. The van der Waals surface area contributed by atoms with Gasteiger partial charge in [0.1, 0.15) is 0 Å². The molecule has 0 spiro atoms. The van der Waals surface area contributed by atoms with Gasteiger partial charge in [0.2, 0.25) is 5.91 Å². The van der Waals surface area contributed by atoms with E-state index in [1.165, 1.54) is 18.3 Å². The van der Waals surface area contributed by atoms with Gasteiger partial charge in [0.15, 0.2) is 11.6 Å². The first kappa shape index (κ1) is 12.5. The quantitative estimate of drug-likeness (QED) is 0.916. The summed E-state index contributed by atoms with van der Waals surface area (Å²) in [5.41, 5.74) is 6.05. The third-order valence-corrected chi connectivity index (χ3v) is 2.65. The standard InChI is InChI=1S/C12H9BrFN3O/c13-8-5-10(14)12(16-6-8)17-9-3-1-2-7(4-9)11(15)18/h1-6H,(H2,15,18)(H,16,17). The molecule has 2 aromatic rings. The Bertz CT molecular complexity index is 604. The van der Waals surface area contributed by atoms with Crippen LogP contribution in [0.1, 0.15) is 10.4 Å². The van der Waals surface area contributed by atoms with Crippen molar-refractivity contribution in [3.63, 3.8) is 0 Å². The van der Waals surface area contributed by atoms with E-state index in [0.29, 0.717) is 15.7 Å². The first-order valence-corrected chi connectivity index (χ1v) is 5.83. The summed E-state index contributed by atoms with van der Waals surface area (Å²) in [6, 6.07) is 7.76. The number of primary amides is 1. The Labute approximate surface area is 111 Å². The monoisotopic (exact) mass is 309 g/mol. The lowest BCUT2D eigenvalue weighted by molar-refractivity contribution is 0.100. The Morgan fingerprint density at radius 2 is 2.17 bits per heavy atom. The van der Waals surface area contributed by atoms with Crippen LogP contribution in [0.4, 0.5) is 15.9 Å². The van der Waals surface area contributed by atoms with Crippen molar-refractivity contribution in [2.24, 2.45) is 5.73 Å². The van der Waals surface area contributed by atoms with Gasteiger partial charge in [0, 0.05) is 21.9 Å². The van der Waals surface area contributed by atoms with Crippen molar-refractivity contribution in [1.82, 2.24) is 4.98 Å². The maximum Gasteiger partial charge on any atom is 0.248 e. The van der Waals surface area contributed by atoms with Crippen molar-refractivity contribution in [2.75, 3.05) is 5.32 Å². The molecule has 0 radical (unpaired) electrons. The van der Waals surface area contributed by atoms with Crippen molar-refractivity contribution in [3.05, 3.63) is 52.4 Å². The Morgan fingerprint density at radius 1 is 1.39 bits per heavy atom. The summed E-state index contributed by atoms with van der Waals surface area (Å²) in [7, 11) is 0. The molecule has 0 aliphatic rings. The number of carbonyl (C=O) groups excluding carboxylic acids is 1. The summed E-state index contributed by atoms with van der Waals surface area (Å²) < 4.78 is 14.1. The molecule has 0 saturated carbocycles. The average Bonchev–Trinajstić information content (AvgIpc) is 2.33. The molecule has 0 aliphatic carbocycles. The van der Waals surface area contributed by atoms with E-state index >= 15 is 0 Å². The molecule has 0 bridgehead atoms. The fraction of sp³-hybridized carbons (Fsp3) is 0. The SMILES string of the molecule is NC(=O)c1cccc(Nc2ncc(Br)cc2F)c1. The highest BCUT2D eigenvalue weighted by atomic mass is 79.9. The molecule has 1 aromatic heterocycles. The highest BCUT2D eigenvalue weighted by Crippen LogP contribution is 2.21. The van der Waals surface area contributed by atoms with Gasteiger partial charge in [-0.2, -0.15) is 0 Å². The summed E-state index contributed by atoms with van der Waals surface area (Å²) >= 11 is 3.12. The van der Waals surface area contributed by atoms with Crippen LogP contribution in [0.15, 0.2) is 41.0 Å². The average molecular weight is 310 g/mol. The number of nitrogens with zero attached hydrogens (tertiary/aromatic N) is 1. The third-order valence-electron chi connectivity index (χ3n) is 2.22. The molecular formula is C12H9BrFN3O. The van der Waals surface area contributed by atoms with Gasteiger partial charge in [-0.3, -0.25) is 4.79 Å². The van der Waals surface area contributed by atoms with E-state index in [9.17, 15) is 9.18 Å². The van der Waals surface area contributed by atoms with Crippen LogP contribution < -0.4 is 11.1 Å². The summed E-state index contributed by atoms with van der Waals surface area (Å²) in [5, 5.41) is 2.78. The third kappa shape index (κ3) is 2.84. The molecule has 1 aromatic carbocycles. The molecule has 18 heavy (non-hydrogen) atoms. The van der Waals surface area contributed by atoms with Gasteiger partial charge in [-0.15, -0.1) is 0 Å². The number of hydrogen-bond acceptors (Lipinski definition) is 3. The van der Waals surface area contributed by atoms with Crippen LogP contribution in [0.25, 0.3) is 0 Å². The normalized spacial score (nSPS) is 10.1. The first-order chi connectivity index (χ1) is 8.56. The number of anilines is 2. The molecule has 6 heteroatoms. The van der Waals surface area contributed by atoms with Crippen LogP contribution in [0.3, 0.4) is 0 Å². The molecule has 2 rings (SSSR count). The van der Waals surface area contributed by atoms with Gasteiger partial charge in [-0.1, -0.05) is 6.07 Å². The summed E-state index contributed by atoms with van der Waals surface area (Å²) in [5.74, 6) is -0.948. The molecule has 1 heterocycles. The van der Waals surface area contributed by atoms with Crippen LogP contribution in [-0.2, 0) is 0 Å². The Balaban J connectivity index is 2.28. The largest absolute Gasteiger partial charge is 0.366 e. The predicted molar refractivity (Wildman–Crippen MR) is 70.1 cm³/mol. The summed E-state index contributed by atoms with van der Waals surface area (Å²) in [4.78, 5) is 14.9. The molecule has 3 N–H and O–H groups in total. The lowest BCUT2D eigenvalue weighted by Crippen LogP contribution is -2.11. The maximum absolute atomic E-state index is 13.5. The zero-order valence-electron chi connectivity index (χ0n) is 9.15. The fourth-order valence-corrected chi connectivity index (χ4v) is 1.70. The maximum atomic E-state index is 13.5. The lowest BCUT2D eigenvalue weighted by atomic mass is 10.2. The number of amides is 1. The van der Waals surface area contributed by atoms with E-state index in [1.54, 1.807) is 18.2 Å². The van der Waals surface area contributed by atoms with Gasteiger partial charge >= 0.3 is 0 Å². The molecule has 0 saturated heterocycles. The van der Waals surface area contributed by atoms with Crippen molar-refractivity contribution in [1.29, 1.82) is 0 Å². The van der Waals surface area contributed by atoms with E-state index in [4.69, 9.17) is 5.73 Å². The van der Waals surface area contributed by atoms with E-state index < -0.39 is 11.7 Å². The van der Waals surface area contributed by atoms with E-state index in [1.807, 2.05) is 0 Å². The zero-order chi connectivity index (χ0) is 13.1. The number of carbonyl (C=O) groups is 1. The number of nitrogens with two attached hydrogens (primary N) is 1. The predicted octanol–water partition coefficient (Wildman–Crippen LogP) is 2.83. The van der Waals surface area contributed by atoms with Crippen molar-refractivity contribution < 1.29 is 9.18 Å². The number of rotatable bonds is 3. The minimum Gasteiger partial charge on any atom is -0.366 e. The number of benzene rings is 1. The van der Waals surface area contributed by atoms with E-state index in [0.717, 1.165) is 0 Å². The first-order valence-electron chi connectivity index (χ1n) is 5.04. The zero-order valence-corrected chi connectivity index (χ0v) is 10.7. The number of aromatic nitrogens is 1.